The van der Waals surface area contributed by atoms with Crippen molar-refractivity contribution in [1.29, 1.82) is 0 Å². The fourth-order valence-corrected chi connectivity index (χ4v) is 5.48. The molecular weight excluding hydrogens is 471 g/mol. The molecule has 0 radical (unpaired) electrons. The zero-order valence-corrected chi connectivity index (χ0v) is 20.1. The highest BCUT2D eigenvalue weighted by Crippen LogP contribution is 2.40. The van der Waals surface area contributed by atoms with Gasteiger partial charge in [-0.1, -0.05) is 23.7 Å². The van der Waals surface area contributed by atoms with E-state index in [2.05, 4.69) is 26.7 Å². The van der Waals surface area contributed by atoms with Gasteiger partial charge in [0.1, 0.15) is 11.6 Å². The smallest absolute Gasteiger partial charge is 0.318 e. The van der Waals surface area contributed by atoms with E-state index in [1.165, 1.54) is 0 Å². The van der Waals surface area contributed by atoms with Gasteiger partial charge in [0.2, 0.25) is 5.95 Å². The van der Waals surface area contributed by atoms with Gasteiger partial charge in [-0.05, 0) is 30.9 Å². The van der Waals surface area contributed by atoms with E-state index in [1.807, 2.05) is 22.8 Å². The number of hydrogen-bond donors (Lipinski definition) is 1. The van der Waals surface area contributed by atoms with Gasteiger partial charge < -0.3 is 24.2 Å². The second-order valence-corrected chi connectivity index (χ2v) is 9.45. The SMILES string of the molecule is COc1nc2c(c(N3Cc4c(F)ncn4CC3C)n1)CCN(c1cc(O)cc3cccc(Cl)c13)C2. The summed E-state index contributed by atoms with van der Waals surface area (Å²) in [6.45, 7) is 4.27. The normalized spacial score (nSPS) is 17.4. The lowest BCUT2D eigenvalue weighted by Gasteiger charge is -2.38. The molecule has 2 aliphatic heterocycles. The van der Waals surface area contributed by atoms with Crippen LogP contribution in [0.5, 0.6) is 11.8 Å². The number of benzene rings is 2. The number of phenolic OH excluding ortho intramolecular Hbond substituents is 1. The molecule has 10 heteroatoms. The van der Waals surface area contributed by atoms with E-state index in [0.29, 0.717) is 43.3 Å². The fraction of sp³-hybridized carbons (Fsp3) is 0.320. The first kappa shape index (κ1) is 21.9. The third kappa shape index (κ3) is 3.61. The van der Waals surface area contributed by atoms with E-state index in [9.17, 15) is 9.50 Å². The Kier molecular flexibility index (Phi) is 5.17. The number of anilines is 2. The number of imidazole rings is 1. The molecule has 0 amide bonds. The van der Waals surface area contributed by atoms with Crippen molar-refractivity contribution in [2.24, 2.45) is 0 Å². The number of hydrogen-bond acceptors (Lipinski definition) is 7. The highest BCUT2D eigenvalue weighted by Gasteiger charge is 2.32. The first-order valence-corrected chi connectivity index (χ1v) is 11.9. The van der Waals surface area contributed by atoms with Gasteiger partial charge >= 0.3 is 6.01 Å². The molecule has 0 saturated carbocycles. The molecule has 2 aromatic carbocycles. The Morgan fingerprint density at radius 2 is 2.06 bits per heavy atom. The van der Waals surface area contributed by atoms with Crippen LogP contribution in [0.1, 0.15) is 23.9 Å². The second-order valence-electron chi connectivity index (χ2n) is 9.04. The van der Waals surface area contributed by atoms with Crippen molar-refractivity contribution in [3.63, 3.8) is 0 Å². The van der Waals surface area contributed by atoms with Crippen LogP contribution < -0.4 is 14.5 Å². The maximum Gasteiger partial charge on any atom is 0.318 e. The number of methoxy groups -OCH3 is 1. The molecule has 2 aliphatic rings. The Bertz CT molecular complexity index is 1460. The van der Waals surface area contributed by atoms with Crippen LogP contribution in [0.25, 0.3) is 10.8 Å². The standard InChI is InChI=1S/C25H24ClFN6O2/c1-14-10-32-13-28-23(27)21(32)12-33(14)24-17-6-7-31(11-19(17)29-25(30-24)35-2)20-9-16(34)8-15-4-3-5-18(26)22(15)20/h3-5,8-9,13-14,34H,6-7,10-12H2,1-2H3. The fourth-order valence-electron chi connectivity index (χ4n) is 5.20. The summed E-state index contributed by atoms with van der Waals surface area (Å²) in [6, 6.07) is 9.49. The third-order valence-electron chi connectivity index (χ3n) is 6.92. The maximum absolute atomic E-state index is 14.3. The summed E-state index contributed by atoms with van der Waals surface area (Å²) in [7, 11) is 1.54. The minimum atomic E-state index is -0.449. The van der Waals surface area contributed by atoms with Gasteiger partial charge in [-0.15, -0.1) is 0 Å². The quantitative estimate of drug-likeness (QED) is 0.454. The molecular formula is C25H24ClFN6O2. The highest BCUT2D eigenvalue weighted by atomic mass is 35.5. The minimum Gasteiger partial charge on any atom is -0.508 e. The molecule has 0 fully saturated rings. The minimum absolute atomic E-state index is 0.0895. The van der Waals surface area contributed by atoms with E-state index in [0.717, 1.165) is 33.5 Å². The van der Waals surface area contributed by atoms with E-state index in [-0.39, 0.29) is 17.8 Å². The van der Waals surface area contributed by atoms with Crippen molar-refractivity contribution in [2.45, 2.75) is 39.0 Å². The number of nitrogens with zero attached hydrogens (tertiary/aromatic N) is 6. The van der Waals surface area contributed by atoms with Gasteiger partial charge in [-0.3, -0.25) is 0 Å². The molecule has 4 heterocycles. The van der Waals surface area contributed by atoms with E-state index in [1.54, 1.807) is 25.6 Å². The molecule has 0 spiro atoms. The van der Waals surface area contributed by atoms with Gasteiger partial charge in [-0.25, -0.2) is 4.98 Å². The molecule has 1 atom stereocenters. The number of halogens is 2. The number of ether oxygens (including phenoxy) is 1. The van der Waals surface area contributed by atoms with Crippen molar-refractivity contribution < 1.29 is 14.2 Å². The molecule has 0 aliphatic carbocycles. The summed E-state index contributed by atoms with van der Waals surface area (Å²) in [5, 5.41) is 12.8. The van der Waals surface area contributed by atoms with Crippen molar-refractivity contribution in [1.82, 2.24) is 19.5 Å². The monoisotopic (exact) mass is 494 g/mol. The van der Waals surface area contributed by atoms with Gasteiger partial charge in [0.15, 0.2) is 0 Å². The molecule has 1 N–H and O–H groups in total. The molecule has 0 saturated heterocycles. The van der Waals surface area contributed by atoms with Crippen molar-refractivity contribution >= 4 is 33.9 Å². The average molecular weight is 495 g/mol. The van der Waals surface area contributed by atoms with Crippen LogP contribution in [-0.4, -0.2) is 44.3 Å². The van der Waals surface area contributed by atoms with Crippen LogP contribution in [0.3, 0.4) is 0 Å². The topological polar surface area (TPSA) is 79.5 Å². The molecule has 2 aromatic heterocycles. The van der Waals surface area contributed by atoms with Crippen LogP contribution in [-0.2, 0) is 26.1 Å². The third-order valence-corrected chi connectivity index (χ3v) is 7.23. The van der Waals surface area contributed by atoms with E-state index >= 15 is 0 Å². The number of aromatic hydroxyl groups is 1. The molecule has 6 rings (SSSR count). The summed E-state index contributed by atoms with van der Waals surface area (Å²) in [6.07, 6.45) is 2.23. The Morgan fingerprint density at radius 1 is 1.20 bits per heavy atom. The number of aromatic nitrogens is 4. The Morgan fingerprint density at radius 3 is 2.89 bits per heavy atom. The molecule has 4 aromatic rings. The number of fused-ring (bicyclic) bond motifs is 3. The van der Waals surface area contributed by atoms with Crippen LogP contribution in [0.15, 0.2) is 36.7 Å². The van der Waals surface area contributed by atoms with Gasteiger partial charge in [0.25, 0.3) is 0 Å². The number of rotatable bonds is 3. The van der Waals surface area contributed by atoms with Crippen LogP contribution in [0.4, 0.5) is 15.9 Å². The maximum atomic E-state index is 14.3. The summed E-state index contributed by atoms with van der Waals surface area (Å²) in [5.74, 6) is 0.502. The lowest BCUT2D eigenvalue weighted by atomic mass is 10.0. The van der Waals surface area contributed by atoms with Crippen LogP contribution in [0.2, 0.25) is 5.02 Å². The van der Waals surface area contributed by atoms with Crippen molar-refractivity contribution in [2.75, 3.05) is 23.5 Å². The van der Waals surface area contributed by atoms with Crippen LogP contribution >= 0.6 is 11.6 Å². The first-order valence-electron chi connectivity index (χ1n) is 11.5. The highest BCUT2D eigenvalue weighted by molar-refractivity contribution is 6.36. The second kappa shape index (κ2) is 8.27. The summed E-state index contributed by atoms with van der Waals surface area (Å²) in [5.41, 5.74) is 3.27. The summed E-state index contributed by atoms with van der Waals surface area (Å²) >= 11 is 6.57. The largest absolute Gasteiger partial charge is 0.508 e. The molecule has 1 unspecified atom stereocenters. The van der Waals surface area contributed by atoms with Gasteiger partial charge in [0.05, 0.1) is 48.6 Å². The van der Waals surface area contributed by atoms with Crippen molar-refractivity contribution in [3.05, 3.63) is 64.6 Å². The molecule has 180 valence electrons. The van der Waals surface area contributed by atoms with Crippen molar-refractivity contribution in [3.8, 4) is 11.8 Å². The lowest BCUT2D eigenvalue weighted by Crippen LogP contribution is -2.43. The Balaban J connectivity index is 1.42. The summed E-state index contributed by atoms with van der Waals surface area (Å²) < 4.78 is 21.6. The average Bonchev–Trinajstić information content (AvgIpc) is 3.21. The summed E-state index contributed by atoms with van der Waals surface area (Å²) in [4.78, 5) is 17.5. The predicted octanol–water partition coefficient (Wildman–Crippen LogP) is 4.30. The zero-order chi connectivity index (χ0) is 24.3. The first-order chi connectivity index (χ1) is 16.9. The van der Waals surface area contributed by atoms with Gasteiger partial charge in [0, 0.05) is 36.1 Å². The van der Waals surface area contributed by atoms with E-state index < -0.39 is 5.95 Å². The zero-order valence-electron chi connectivity index (χ0n) is 19.4. The van der Waals surface area contributed by atoms with E-state index in [4.69, 9.17) is 21.3 Å². The molecule has 0 bridgehead atoms. The van der Waals surface area contributed by atoms with Crippen LogP contribution in [0, 0.1) is 5.95 Å². The van der Waals surface area contributed by atoms with Gasteiger partial charge in [-0.2, -0.15) is 14.4 Å². The Hall–Kier alpha value is -3.59. The molecule has 35 heavy (non-hydrogen) atoms. The number of phenols is 1. The molecule has 8 nitrogen and oxygen atoms in total. The Labute approximate surface area is 206 Å². The predicted molar refractivity (Wildman–Crippen MR) is 132 cm³/mol. The lowest BCUT2D eigenvalue weighted by molar-refractivity contribution is 0.374.